The van der Waals surface area contributed by atoms with Gasteiger partial charge >= 0.3 is 0 Å². The van der Waals surface area contributed by atoms with Crippen LogP contribution in [-0.4, -0.2) is 26.5 Å². The van der Waals surface area contributed by atoms with E-state index in [-0.39, 0.29) is 6.61 Å². The Labute approximate surface area is 122 Å². The van der Waals surface area contributed by atoms with Crippen molar-refractivity contribution in [2.45, 2.75) is 25.3 Å². The maximum absolute atomic E-state index is 9.87. The van der Waals surface area contributed by atoms with E-state index in [0.717, 1.165) is 12.0 Å². The second-order valence-electron chi connectivity index (χ2n) is 4.51. The zero-order chi connectivity index (χ0) is 13.9. The summed E-state index contributed by atoms with van der Waals surface area (Å²) in [4.78, 5) is 3.92. The smallest absolute Gasteiger partial charge is 0.137 e. The van der Waals surface area contributed by atoms with Gasteiger partial charge in [0, 0.05) is 15.5 Å². The Morgan fingerprint density at radius 1 is 1.37 bits per heavy atom. The van der Waals surface area contributed by atoms with Crippen molar-refractivity contribution in [1.29, 1.82) is 0 Å². The summed E-state index contributed by atoms with van der Waals surface area (Å²) in [5.74, 6) is 0. The fraction of sp³-hybridized carbons (Fsp3) is 0.385. The molecule has 1 unspecified atom stereocenters. The van der Waals surface area contributed by atoms with Crippen LogP contribution in [0.15, 0.2) is 30.9 Å². The lowest BCUT2D eigenvalue weighted by Gasteiger charge is -2.32. The molecule has 0 aliphatic rings. The van der Waals surface area contributed by atoms with Crippen molar-refractivity contribution in [2.24, 2.45) is 0 Å². The molecule has 0 radical (unpaired) electrons. The second kappa shape index (κ2) is 5.90. The molecule has 4 nitrogen and oxygen atoms in total. The Balaban J connectivity index is 2.43. The van der Waals surface area contributed by atoms with Gasteiger partial charge in [0.05, 0.1) is 13.2 Å². The molecule has 6 heteroatoms. The van der Waals surface area contributed by atoms with Gasteiger partial charge in [0.1, 0.15) is 12.7 Å². The first-order chi connectivity index (χ1) is 9.11. The van der Waals surface area contributed by atoms with Crippen LogP contribution in [-0.2, 0) is 12.0 Å². The fourth-order valence-electron chi connectivity index (χ4n) is 2.18. The van der Waals surface area contributed by atoms with Crippen LogP contribution >= 0.6 is 23.2 Å². The maximum atomic E-state index is 9.87. The van der Waals surface area contributed by atoms with E-state index in [4.69, 9.17) is 23.2 Å². The summed E-state index contributed by atoms with van der Waals surface area (Å²) in [6.45, 7) is 2.50. The average molecular weight is 300 g/mol. The van der Waals surface area contributed by atoms with E-state index in [1.807, 2.05) is 13.0 Å². The molecule has 1 heterocycles. The van der Waals surface area contributed by atoms with E-state index in [1.54, 1.807) is 23.1 Å². The lowest BCUT2D eigenvalue weighted by Crippen LogP contribution is -2.35. The predicted octanol–water partition coefficient (Wildman–Crippen LogP) is 2.93. The van der Waals surface area contributed by atoms with Crippen LogP contribution < -0.4 is 0 Å². The fourth-order valence-corrected chi connectivity index (χ4v) is 2.79. The van der Waals surface area contributed by atoms with Crippen molar-refractivity contribution in [2.75, 3.05) is 6.61 Å². The molecular formula is C13H15Cl2N3O. The molecule has 1 N–H and O–H groups in total. The van der Waals surface area contributed by atoms with Crippen molar-refractivity contribution < 1.29 is 5.11 Å². The van der Waals surface area contributed by atoms with Crippen molar-refractivity contribution in [3.8, 4) is 0 Å². The largest absolute Gasteiger partial charge is 0.395 e. The van der Waals surface area contributed by atoms with Gasteiger partial charge in [0.25, 0.3) is 0 Å². The average Bonchev–Trinajstić information content (AvgIpc) is 2.89. The molecule has 102 valence electrons. The third-order valence-corrected chi connectivity index (χ3v) is 3.96. The lowest BCUT2D eigenvalue weighted by molar-refractivity contribution is 0.165. The third-order valence-electron chi connectivity index (χ3n) is 3.41. The first-order valence-electron chi connectivity index (χ1n) is 6.00. The van der Waals surface area contributed by atoms with Crippen molar-refractivity contribution in [1.82, 2.24) is 14.8 Å². The van der Waals surface area contributed by atoms with E-state index in [0.29, 0.717) is 16.6 Å². The van der Waals surface area contributed by atoms with Crippen LogP contribution in [0.1, 0.15) is 18.9 Å². The molecule has 0 spiro atoms. The van der Waals surface area contributed by atoms with E-state index >= 15 is 0 Å². The summed E-state index contributed by atoms with van der Waals surface area (Å²) in [6.07, 6.45) is 3.83. The van der Waals surface area contributed by atoms with Gasteiger partial charge in [-0.25, -0.2) is 4.98 Å². The van der Waals surface area contributed by atoms with Gasteiger partial charge in [-0.05, 0) is 24.1 Å². The van der Waals surface area contributed by atoms with Gasteiger partial charge in [-0.1, -0.05) is 36.2 Å². The van der Waals surface area contributed by atoms with E-state index in [2.05, 4.69) is 10.1 Å². The SMILES string of the molecule is CCC(CO)(Cn1cncn1)c1ccc(Cl)cc1Cl. The lowest BCUT2D eigenvalue weighted by atomic mass is 9.78. The molecule has 0 saturated carbocycles. The van der Waals surface area contributed by atoms with Gasteiger partial charge in [0.15, 0.2) is 0 Å². The molecule has 0 fully saturated rings. The maximum Gasteiger partial charge on any atom is 0.137 e. The molecule has 1 atom stereocenters. The van der Waals surface area contributed by atoms with Crippen LogP contribution in [0.4, 0.5) is 0 Å². The normalized spacial score (nSPS) is 14.3. The Morgan fingerprint density at radius 2 is 2.16 bits per heavy atom. The molecule has 0 aliphatic heterocycles. The second-order valence-corrected chi connectivity index (χ2v) is 5.35. The summed E-state index contributed by atoms with van der Waals surface area (Å²) in [5.41, 5.74) is 0.383. The molecule has 2 aromatic rings. The van der Waals surface area contributed by atoms with Gasteiger partial charge < -0.3 is 5.11 Å². The minimum atomic E-state index is -0.491. The number of hydrogen-bond acceptors (Lipinski definition) is 3. The summed E-state index contributed by atoms with van der Waals surface area (Å²) in [5, 5.41) is 15.1. The zero-order valence-electron chi connectivity index (χ0n) is 10.6. The summed E-state index contributed by atoms with van der Waals surface area (Å²) < 4.78 is 1.70. The van der Waals surface area contributed by atoms with Crippen LogP contribution in [0, 0.1) is 0 Å². The monoisotopic (exact) mass is 299 g/mol. The molecule has 0 aliphatic carbocycles. The molecule has 0 amide bonds. The first-order valence-corrected chi connectivity index (χ1v) is 6.75. The third kappa shape index (κ3) is 2.91. The zero-order valence-corrected chi connectivity index (χ0v) is 12.1. The highest BCUT2D eigenvalue weighted by molar-refractivity contribution is 6.35. The highest BCUT2D eigenvalue weighted by Gasteiger charge is 2.32. The number of aliphatic hydroxyl groups is 1. The summed E-state index contributed by atoms with van der Waals surface area (Å²) >= 11 is 12.2. The molecule has 1 aromatic heterocycles. The van der Waals surface area contributed by atoms with Gasteiger partial charge in [-0.3, -0.25) is 4.68 Å². The Kier molecular flexibility index (Phi) is 4.45. The first kappa shape index (κ1) is 14.3. The number of rotatable bonds is 5. The van der Waals surface area contributed by atoms with Gasteiger partial charge in [-0.2, -0.15) is 5.10 Å². The minimum absolute atomic E-state index is 0.0231. The van der Waals surface area contributed by atoms with E-state index in [9.17, 15) is 5.11 Å². The van der Waals surface area contributed by atoms with Crippen LogP contribution in [0.5, 0.6) is 0 Å². The topological polar surface area (TPSA) is 50.9 Å². The molecule has 19 heavy (non-hydrogen) atoms. The van der Waals surface area contributed by atoms with Crippen molar-refractivity contribution in [3.63, 3.8) is 0 Å². The van der Waals surface area contributed by atoms with E-state index in [1.165, 1.54) is 6.33 Å². The summed E-state index contributed by atoms with van der Waals surface area (Å²) in [6, 6.07) is 5.34. The number of aromatic nitrogens is 3. The standard InChI is InChI=1S/C13H15Cl2N3O/c1-2-13(7-19,6-18-9-16-8-17-18)11-4-3-10(14)5-12(11)15/h3-5,8-9,19H,2,6-7H2,1H3. The predicted molar refractivity (Wildman–Crippen MR) is 75.5 cm³/mol. The van der Waals surface area contributed by atoms with Crippen LogP contribution in [0.3, 0.4) is 0 Å². The van der Waals surface area contributed by atoms with Gasteiger partial charge in [-0.15, -0.1) is 0 Å². The molecule has 0 bridgehead atoms. The molecular weight excluding hydrogens is 285 g/mol. The van der Waals surface area contributed by atoms with E-state index < -0.39 is 5.41 Å². The highest BCUT2D eigenvalue weighted by Crippen LogP contribution is 2.35. The van der Waals surface area contributed by atoms with Crippen molar-refractivity contribution in [3.05, 3.63) is 46.5 Å². The Hall–Kier alpha value is -1.10. The van der Waals surface area contributed by atoms with Crippen molar-refractivity contribution >= 4 is 23.2 Å². The van der Waals surface area contributed by atoms with Crippen LogP contribution in [0.25, 0.3) is 0 Å². The number of hydrogen-bond donors (Lipinski definition) is 1. The quantitative estimate of drug-likeness (QED) is 0.923. The number of nitrogens with zero attached hydrogens (tertiary/aromatic N) is 3. The van der Waals surface area contributed by atoms with Crippen LogP contribution in [0.2, 0.25) is 10.0 Å². The van der Waals surface area contributed by atoms with Gasteiger partial charge in [0.2, 0.25) is 0 Å². The molecule has 0 saturated heterocycles. The number of benzene rings is 1. The molecule has 1 aromatic carbocycles. The molecule has 2 rings (SSSR count). The number of aliphatic hydroxyl groups excluding tert-OH is 1. The summed E-state index contributed by atoms with van der Waals surface area (Å²) in [7, 11) is 0. The minimum Gasteiger partial charge on any atom is -0.395 e. The Morgan fingerprint density at radius 3 is 2.68 bits per heavy atom. The number of halogens is 2. The highest BCUT2D eigenvalue weighted by atomic mass is 35.5. The Bertz CT molecular complexity index is 539.